The van der Waals surface area contributed by atoms with E-state index in [1.807, 2.05) is 24.3 Å². The highest BCUT2D eigenvalue weighted by atomic mass is 19.1. The molecule has 0 atom stereocenters. The monoisotopic (exact) mass is 558 g/mol. The van der Waals surface area contributed by atoms with Gasteiger partial charge in [0.25, 0.3) is 0 Å². The second kappa shape index (κ2) is 9.21. The fourth-order valence-electron chi connectivity index (χ4n) is 6.55. The topological polar surface area (TPSA) is 6.48 Å². The molecule has 0 unspecified atom stereocenters. The van der Waals surface area contributed by atoms with Crippen molar-refractivity contribution in [3.63, 3.8) is 0 Å². The van der Waals surface area contributed by atoms with Gasteiger partial charge in [0.2, 0.25) is 0 Å². The van der Waals surface area contributed by atoms with Crippen molar-refractivity contribution < 1.29 is 17.6 Å². The van der Waals surface area contributed by atoms with Crippen molar-refractivity contribution >= 4 is 60.8 Å². The van der Waals surface area contributed by atoms with Crippen LogP contribution in [-0.2, 0) is 6.42 Å². The third kappa shape index (κ3) is 3.79. The Kier molecular flexibility index (Phi) is 5.41. The standard InChI is InChI=1S/C36H22F4N2/c37-24-15-25(38)18-28(17-24)42(29-19-26(39)16-27(40)20-29)34-12-8-23-5-9-30-33(41-14-13-21-3-1-2-4-32(21)41)11-7-22-6-10-31(34)36(23)35(22)30/h1-12,15-20H,13-14H2. The van der Waals surface area contributed by atoms with E-state index in [1.54, 1.807) is 0 Å². The number of fused-ring (bicyclic) bond motifs is 1. The zero-order valence-corrected chi connectivity index (χ0v) is 22.2. The number of halogens is 4. The lowest BCUT2D eigenvalue weighted by Crippen LogP contribution is -2.14. The minimum Gasteiger partial charge on any atom is -0.340 e. The number of hydrogen-bond acceptors (Lipinski definition) is 2. The maximum absolute atomic E-state index is 14.5. The molecule has 0 bridgehead atoms. The molecule has 204 valence electrons. The molecule has 1 aliphatic rings. The normalized spacial score (nSPS) is 13.0. The van der Waals surface area contributed by atoms with E-state index in [0.29, 0.717) is 5.69 Å². The number of nitrogens with zero attached hydrogens (tertiary/aromatic N) is 2. The first-order chi connectivity index (χ1) is 20.4. The molecule has 2 nitrogen and oxygen atoms in total. The summed E-state index contributed by atoms with van der Waals surface area (Å²) < 4.78 is 58.0. The minimum atomic E-state index is -0.792. The molecule has 1 heterocycles. The van der Waals surface area contributed by atoms with Crippen molar-refractivity contribution in [2.75, 3.05) is 16.3 Å². The van der Waals surface area contributed by atoms with E-state index < -0.39 is 23.3 Å². The van der Waals surface area contributed by atoms with Gasteiger partial charge in [-0.3, -0.25) is 0 Å². The lowest BCUT2D eigenvalue weighted by Gasteiger charge is -2.28. The lowest BCUT2D eigenvalue weighted by atomic mass is 9.92. The summed E-state index contributed by atoms with van der Waals surface area (Å²) in [7, 11) is 0. The minimum absolute atomic E-state index is 0.113. The molecule has 0 aromatic heterocycles. The van der Waals surface area contributed by atoms with Gasteiger partial charge in [0.1, 0.15) is 23.3 Å². The third-order valence-corrected chi connectivity index (χ3v) is 8.25. The van der Waals surface area contributed by atoms with Gasteiger partial charge in [-0.2, -0.15) is 0 Å². The van der Waals surface area contributed by atoms with Gasteiger partial charge in [0.05, 0.1) is 17.1 Å². The van der Waals surface area contributed by atoms with E-state index in [1.165, 1.54) is 16.2 Å². The first kappa shape index (κ1) is 24.7. The van der Waals surface area contributed by atoms with Crippen molar-refractivity contribution in [1.29, 1.82) is 0 Å². The SMILES string of the molecule is Fc1cc(F)cc(N(c2cc(F)cc(F)c2)c2ccc3ccc4c(N5CCc6ccccc65)ccc5ccc2c3c54)c1. The lowest BCUT2D eigenvalue weighted by molar-refractivity contribution is 0.582. The molecule has 6 heteroatoms. The van der Waals surface area contributed by atoms with Gasteiger partial charge in [0, 0.05) is 40.8 Å². The maximum atomic E-state index is 14.5. The number of anilines is 5. The molecule has 0 radical (unpaired) electrons. The van der Waals surface area contributed by atoms with E-state index in [4.69, 9.17) is 0 Å². The average molecular weight is 559 g/mol. The van der Waals surface area contributed by atoms with Crippen LogP contribution >= 0.6 is 0 Å². The van der Waals surface area contributed by atoms with Crippen LogP contribution in [0.15, 0.2) is 109 Å². The molecular weight excluding hydrogens is 536 g/mol. The highest BCUT2D eigenvalue weighted by Crippen LogP contribution is 2.47. The van der Waals surface area contributed by atoms with Crippen LogP contribution < -0.4 is 9.80 Å². The van der Waals surface area contributed by atoms with E-state index in [9.17, 15) is 17.6 Å². The molecule has 8 rings (SSSR count). The van der Waals surface area contributed by atoms with E-state index in [2.05, 4.69) is 53.4 Å². The van der Waals surface area contributed by atoms with Gasteiger partial charge in [-0.15, -0.1) is 0 Å². The van der Waals surface area contributed by atoms with Crippen LogP contribution in [0.1, 0.15) is 5.56 Å². The Morgan fingerprint density at radius 1 is 0.524 bits per heavy atom. The number of rotatable bonds is 4. The van der Waals surface area contributed by atoms with Crippen LogP contribution in [-0.4, -0.2) is 6.54 Å². The first-order valence-electron chi connectivity index (χ1n) is 13.7. The van der Waals surface area contributed by atoms with Crippen LogP contribution in [0.3, 0.4) is 0 Å². The zero-order chi connectivity index (χ0) is 28.5. The van der Waals surface area contributed by atoms with Gasteiger partial charge >= 0.3 is 0 Å². The molecule has 42 heavy (non-hydrogen) atoms. The Hall–Kier alpha value is -5.10. The predicted octanol–water partition coefficient (Wildman–Crippen LogP) is 10.3. The molecule has 1 aliphatic heterocycles. The fraction of sp³-hybridized carbons (Fsp3) is 0.0556. The summed E-state index contributed by atoms with van der Waals surface area (Å²) in [6.45, 7) is 0.874. The second-order valence-corrected chi connectivity index (χ2v) is 10.7. The summed E-state index contributed by atoms with van der Waals surface area (Å²) in [6, 6.07) is 30.8. The van der Waals surface area contributed by atoms with Crippen molar-refractivity contribution in [1.82, 2.24) is 0 Å². The molecule has 0 fully saturated rings. The van der Waals surface area contributed by atoms with Crippen LogP contribution in [0.2, 0.25) is 0 Å². The van der Waals surface area contributed by atoms with E-state index in [-0.39, 0.29) is 11.4 Å². The summed E-state index contributed by atoms with van der Waals surface area (Å²) in [5.74, 6) is -3.17. The van der Waals surface area contributed by atoms with Crippen molar-refractivity contribution in [2.45, 2.75) is 6.42 Å². The van der Waals surface area contributed by atoms with Gasteiger partial charge in [0.15, 0.2) is 0 Å². The van der Waals surface area contributed by atoms with E-state index >= 15 is 0 Å². The summed E-state index contributed by atoms with van der Waals surface area (Å²) in [5.41, 5.74) is 4.38. The molecule has 0 aliphatic carbocycles. The highest BCUT2D eigenvalue weighted by molar-refractivity contribution is 6.28. The molecule has 0 N–H and O–H groups in total. The van der Waals surface area contributed by atoms with Gasteiger partial charge in [-0.25, -0.2) is 17.6 Å². The zero-order valence-electron chi connectivity index (χ0n) is 22.2. The molecule has 0 saturated heterocycles. The van der Waals surface area contributed by atoms with Crippen LogP contribution in [0.5, 0.6) is 0 Å². The largest absolute Gasteiger partial charge is 0.340 e. The molecule has 7 aromatic carbocycles. The molecule has 0 spiro atoms. The van der Waals surface area contributed by atoms with Crippen molar-refractivity contribution in [3.05, 3.63) is 138 Å². The smallest absolute Gasteiger partial charge is 0.128 e. The Morgan fingerprint density at radius 2 is 1.07 bits per heavy atom. The second-order valence-electron chi connectivity index (χ2n) is 10.7. The van der Waals surface area contributed by atoms with Gasteiger partial charge < -0.3 is 9.80 Å². The number of benzene rings is 7. The molecule has 0 amide bonds. The van der Waals surface area contributed by atoms with Gasteiger partial charge in [-0.1, -0.05) is 54.6 Å². The summed E-state index contributed by atoms with van der Waals surface area (Å²) in [5, 5.41) is 5.94. The summed E-state index contributed by atoms with van der Waals surface area (Å²) in [6.07, 6.45) is 0.964. The molecular formula is C36H22F4N2. The Labute approximate surface area is 239 Å². The van der Waals surface area contributed by atoms with Gasteiger partial charge in [-0.05, 0) is 76.0 Å². The van der Waals surface area contributed by atoms with E-state index in [0.717, 1.165) is 87.4 Å². The number of para-hydroxylation sites is 1. The van der Waals surface area contributed by atoms with Crippen LogP contribution in [0.25, 0.3) is 32.3 Å². The molecule has 0 saturated carbocycles. The van der Waals surface area contributed by atoms with Crippen LogP contribution in [0, 0.1) is 23.3 Å². The summed E-state index contributed by atoms with van der Waals surface area (Å²) in [4.78, 5) is 3.85. The third-order valence-electron chi connectivity index (χ3n) is 8.25. The first-order valence-corrected chi connectivity index (χ1v) is 13.7. The fourth-order valence-corrected chi connectivity index (χ4v) is 6.55. The van der Waals surface area contributed by atoms with Crippen molar-refractivity contribution in [2.24, 2.45) is 0 Å². The quantitative estimate of drug-likeness (QED) is 0.157. The molecule has 7 aromatic rings. The Bertz CT molecular complexity index is 2080. The Balaban J connectivity index is 1.41. The Morgan fingerprint density at radius 3 is 1.74 bits per heavy atom. The van der Waals surface area contributed by atoms with Crippen LogP contribution in [0.4, 0.5) is 46.0 Å². The summed E-state index contributed by atoms with van der Waals surface area (Å²) >= 11 is 0. The maximum Gasteiger partial charge on any atom is 0.128 e. The van der Waals surface area contributed by atoms with Crippen molar-refractivity contribution in [3.8, 4) is 0 Å². The number of hydrogen-bond donors (Lipinski definition) is 0. The predicted molar refractivity (Wildman–Crippen MR) is 162 cm³/mol. The average Bonchev–Trinajstić information content (AvgIpc) is 3.39. The highest BCUT2D eigenvalue weighted by Gasteiger charge is 2.24.